The maximum Gasteiger partial charge on any atom is 0.313 e. The lowest BCUT2D eigenvalue weighted by Crippen LogP contribution is -2.34. The van der Waals surface area contributed by atoms with Gasteiger partial charge in [-0.15, -0.1) is 0 Å². The second-order valence-corrected chi connectivity index (χ2v) is 5.83. The van der Waals surface area contributed by atoms with Crippen molar-refractivity contribution >= 4 is 5.97 Å². The molecule has 0 aromatic heterocycles. The highest BCUT2D eigenvalue weighted by atomic mass is 16.5. The molecule has 1 aromatic carbocycles. The van der Waals surface area contributed by atoms with Crippen LogP contribution in [0.5, 0.6) is 0 Å². The van der Waals surface area contributed by atoms with Gasteiger partial charge in [-0.3, -0.25) is 4.79 Å². The molecule has 0 radical (unpaired) electrons. The first-order valence-electron chi connectivity index (χ1n) is 8.26. The van der Waals surface area contributed by atoms with Crippen molar-refractivity contribution in [3.63, 3.8) is 0 Å². The van der Waals surface area contributed by atoms with Crippen molar-refractivity contribution in [1.82, 2.24) is 5.32 Å². The molecule has 21 heavy (non-hydrogen) atoms. The van der Waals surface area contributed by atoms with Crippen molar-refractivity contribution in [2.75, 3.05) is 13.2 Å². The third-order valence-electron chi connectivity index (χ3n) is 4.28. The van der Waals surface area contributed by atoms with Crippen LogP contribution in [-0.2, 0) is 9.53 Å². The Morgan fingerprint density at radius 3 is 2.62 bits per heavy atom. The van der Waals surface area contributed by atoms with Crippen molar-refractivity contribution in [3.05, 3.63) is 35.9 Å². The summed E-state index contributed by atoms with van der Waals surface area (Å²) < 4.78 is 5.44. The SMILES string of the molecule is CC[C@@H](C(=O)OCCNC1CCCCC1)c1ccccc1. The highest BCUT2D eigenvalue weighted by Crippen LogP contribution is 2.20. The van der Waals surface area contributed by atoms with Gasteiger partial charge in [0.1, 0.15) is 6.61 Å². The molecular weight excluding hydrogens is 262 g/mol. The summed E-state index contributed by atoms with van der Waals surface area (Å²) in [6.45, 7) is 3.26. The van der Waals surface area contributed by atoms with Gasteiger partial charge in [-0.1, -0.05) is 56.5 Å². The monoisotopic (exact) mass is 289 g/mol. The molecule has 1 aliphatic rings. The Morgan fingerprint density at radius 1 is 1.24 bits per heavy atom. The van der Waals surface area contributed by atoms with E-state index in [9.17, 15) is 4.79 Å². The molecule has 1 atom stereocenters. The minimum absolute atomic E-state index is 0.103. The molecule has 0 aliphatic heterocycles. The van der Waals surface area contributed by atoms with Crippen LogP contribution in [0, 0.1) is 0 Å². The number of rotatable bonds is 7. The van der Waals surface area contributed by atoms with E-state index in [1.54, 1.807) is 0 Å². The van der Waals surface area contributed by atoms with Crippen LogP contribution in [0.15, 0.2) is 30.3 Å². The summed E-state index contributed by atoms with van der Waals surface area (Å²) in [4.78, 5) is 12.2. The summed E-state index contributed by atoms with van der Waals surface area (Å²) in [7, 11) is 0. The van der Waals surface area contributed by atoms with E-state index in [0.717, 1.165) is 18.5 Å². The highest BCUT2D eigenvalue weighted by molar-refractivity contribution is 5.78. The second-order valence-electron chi connectivity index (χ2n) is 5.83. The fraction of sp³-hybridized carbons (Fsp3) is 0.611. The number of esters is 1. The number of carbonyl (C=O) groups excluding carboxylic acids is 1. The molecule has 0 heterocycles. The van der Waals surface area contributed by atoms with E-state index in [4.69, 9.17) is 4.74 Å². The lowest BCUT2D eigenvalue weighted by molar-refractivity contribution is -0.145. The second kappa shape index (κ2) is 8.83. The number of hydrogen-bond acceptors (Lipinski definition) is 3. The number of nitrogens with one attached hydrogen (secondary N) is 1. The normalized spacial score (nSPS) is 17.4. The van der Waals surface area contributed by atoms with Gasteiger partial charge >= 0.3 is 5.97 Å². The third-order valence-corrected chi connectivity index (χ3v) is 4.28. The van der Waals surface area contributed by atoms with Crippen LogP contribution in [0.25, 0.3) is 0 Å². The predicted octanol–water partition coefficient (Wildman–Crippen LogP) is 3.65. The molecular formula is C18H27NO2. The van der Waals surface area contributed by atoms with Crippen molar-refractivity contribution < 1.29 is 9.53 Å². The van der Waals surface area contributed by atoms with Crippen LogP contribution in [0.1, 0.15) is 56.9 Å². The predicted molar refractivity (Wildman–Crippen MR) is 85.3 cm³/mol. The molecule has 1 aliphatic carbocycles. The molecule has 1 N–H and O–H groups in total. The average Bonchev–Trinajstić information content (AvgIpc) is 2.54. The topological polar surface area (TPSA) is 38.3 Å². The van der Waals surface area contributed by atoms with Crippen LogP contribution in [-0.4, -0.2) is 25.2 Å². The largest absolute Gasteiger partial charge is 0.464 e. The van der Waals surface area contributed by atoms with E-state index in [1.165, 1.54) is 32.1 Å². The maximum atomic E-state index is 12.2. The molecule has 0 saturated heterocycles. The number of ether oxygens (including phenoxy) is 1. The molecule has 3 heteroatoms. The van der Waals surface area contributed by atoms with E-state index in [0.29, 0.717) is 12.6 Å². The molecule has 0 amide bonds. The first kappa shape index (κ1) is 16.0. The van der Waals surface area contributed by atoms with E-state index in [1.807, 2.05) is 37.3 Å². The minimum Gasteiger partial charge on any atom is -0.464 e. The standard InChI is InChI=1S/C18H27NO2/c1-2-17(15-9-5-3-6-10-15)18(20)21-14-13-19-16-11-7-4-8-12-16/h3,5-6,9-10,16-17,19H,2,4,7-8,11-14H2,1H3/t17-/m1/s1. The van der Waals surface area contributed by atoms with E-state index in [-0.39, 0.29) is 11.9 Å². The summed E-state index contributed by atoms with van der Waals surface area (Å²) in [6.07, 6.45) is 7.30. The number of hydrogen-bond donors (Lipinski definition) is 1. The van der Waals surface area contributed by atoms with Crippen molar-refractivity contribution in [2.24, 2.45) is 0 Å². The van der Waals surface area contributed by atoms with Gasteiger partial charge in [-0.25, -0.2) is 0 Å². The van der Waals surface area contributed by atoms with E-state index in [2.05, 4.69) is 5.32 Å². The Kier molecular flexibility index (Phi) is 6.74. The third kappa shape index (κ3) is 5.16. The van der Waals surface area contributed by atoms with Crippen LogP contribution < -0.4 is 5.32 Å². The minimum atomic E-state index is -0.138. The Bertz CT molecular complexity index is 412. The smallest absolute Gasteiger partial charge is 0.313 e. The Labute approximate surface area is 128 Å². The average molecular weight is 289 g/mol. The summed E-state index contributed by atoms with van der Waals surface area (Å²) >= 11 is 0. The number of benzene rings is 1. The number of carbonyl (C=O) groups is 1. The lowest BCUT2D eigenvalue weighted by Gasteiger charge is -2.23. The van der Waals surface area contributed by atoms with Crippen LogP contribution in [0.4, 0.5) is 0 Å². The fourth-order valence-electron chi connectivity index (χ4n) is 3.05. The Morgan fingerprint density at radius 2 is 1.95 bits per heavy atom. The van der Waals surface area contributed by atoms with Crippen LogP contribution >= 0.6 is 0 Å². The maximum absolute atomic E-state index is 12.2. The molecule has 3 nitrogen and oxygen atoms in total. The molecule has 0 bridgehead atoms. The molecule has 1 saturated carbocycles. The fourth-order valence-corrected chi connectivity index (χ4v) is 3.05. The first-order chi connectivity index (χ1) is 10.3. The van der Waals surface area contributed by atoms with Crippen molar-refractivity contribution in [1.29, 1.82) is 0 Å². The quantitative estimate of drug-likeness (QED) is 0.615. The van der Waals surface area contributed by atoms with Gasteiger partial charge < -0.3 is 10.1 Å². The molecule has 116 valence electrons. The Balaban J connectivity index is 1.70. The molecule has 0 unspecified atom stereocenters. The van der Waals surface area contributed by atoms with Gasteiger partial charge in [0.15, 0.2) is 0 Å². The summed E-state index contributed by atoms with van der Waals surface area (Å²) in [5.41, 5.74) is 1.05. The van der Waals surface area contributed by atoms with Crippen LogP contribution in [0.3, 0.4) is 0 Å². The van der Waals surface area contributed by atoms with Crippen molar-refractivity contribution in [2.45, 2.75) is 57.4 Å². The summed E-state index contributed by atoms with van der Waals surface area (Å²) in [5, 5.41) is 3.50. The zero-order chi connectivity index (χ0) is 14.9. The van der Waals surface area contributed by atoms with Gasteiger partial charge in [-0.2, -0.15) is 0 Å². The van der Waals surface area contributed by atoms with E-state index < -0.39 is 0 Å². The highest BCUT2D eigenvalue weighted by Gasteiger charge is 2.20. The van der Waals surface area contributed by atoms with Gasteiger partial charge in [0.05, 0.1) is 5.92 Å². The van der Waals surface area contributed by atoms with Gasteiger partial charge in [0, 0.05) is 12.6 Å². The Hall–Kier alpha value is -1.35. The first-order valence-corrected chi connectivity index (χ1v) is 8.26. The molecule has 1 fully saturated rings. The summed E-state index contributed by atoms with van der Waals surface area (Å²) in [5.74, 6) is -0.241. The van der Waals surface area contributed by atoms with Gasteiger partial charge in [0.2, 0.25) is 0 Å². The molecule has 1 aromatic rings. The lowest BCUT2D eigenvalue weighted by atomic mass is 9.95. The van der Waals surface area contributed by atoms with Gasteiger partial charge in [-0.05, 0) is 24.8 Å². The van der Waals surface area contributed by atoms with Crippen molar-refractivity contribution in [3.8, 4) is 0 Å². The zero-order valence-corrected chi connectivity index (χ0v) is 13.0. The summed E-state index contributed by atoms with van der Waals surface area (Å²) in [6, 6.07) is 10.5. The van der Waals surface area contributed by atoms with Crippen LogP contribution in [0.2, 0.25) is 0 Å². The van der Waals surface area contributed by atoms with Gasteiger partial charge in [0.25, 0.3) is 0 Å². The van der Waals surface area contributed by atoms with E-state index >= 15 is 0 Å². The molecule has 0 spiro atoms. The molecule has 2 rings (SSSR count). The zero-order valence-electron chi connectivity index (χ0n) is 13.0.